The van der Waals surface area contributed by atoms with E-state index in [1.165, 1.54) is 23.3 Å². The number of amides is 1. The van der Waals surface area contributed by atoms with E-state index in [9.17, 15) is 9.90 Å². The molecule has 3 N–H and O–H groups in total. The first-order valence-corrected chi connectivity index (χ1v) is 7.13. The lowest BCUT2D eigenvalue weighted by atomic mass is 10.0. The number of rotatable bonds is 2. The molecule has 2 aromatic rings. The number of anilines is 1. The first-order valence-electron chi connectivity index (χ1n) is 6.76. The van der Waals surface area contributed by atoms with Crippen LogP contribution in [0.4, 0.5) is 5.69 Å². The molecule has 1 aliphatic rings. The van der Waals surface area contributed by atoms with Gasteiger partial charge in [-0.15, -0.1) is 0 Å². The Morgan fingerprint density at radius 3 is 2.86 bits per heavy atom. The van der Waals surface area contributed by atoms with Gasteiger partial charge < -0.3 is 15.7 Å². The first kappa shape index (κ1) is 13.9. The monoisotopic (exact) mass is 302 g/mol. The van der Waals surface area contributed by atoms with E-state index in [1.54, 1.807) is 6.07 Å². The second-order valence-electron chi connectivity index (χ2n) is 5.03. The Hall–Kier alpha value is -2.04. The molecule has 5 heteroatoms. The van der Waals surface area contributed by atoms with Crippen molar-refractivity contribution >= 4 is 23.2 Å². The topological polar surface area (TPSA) is 61.4 Å². The van der Waals surface area contributed by atoms with Crippen molar-refractivity contribution in [3.8, 4) is 5.75 Å². The Morgan fingerprint density at radius 2 is 2.05 bits per heavy atom. The van der Waals surface area contributed by atoms with E-state index < -0.39 is 0 Å². The van der Waals surface area contributed by atoms with Gasteiger partial charge in [0.2, 0.25) is 0 Å². The maximum absolute atomic E-state index is 12.2. The number of phenolic OH excluding ortho intramolecular Hbond substituents is 1. The normalized spacial score (nSPS) is 13.6. The minimum atomic E-state index is -0.354. The summed E-state index contributed by atoms with van der Waals surface area (Å²) in [6.07, 6.45) is 1.00. The van der Waals surface area contributed by atoms with E-state index in [0.29, 0.717) is 5.02 Å². The van der Waals surface area contributed by atoms with Crippen LogP contribution < -0.4 is 10.6 Å². The van der Waals surface area contributed by atoms with E-state index in [1.807, 2.05) is 18.2 Å². The van der Waals surface area contributed by atoms with Gasteiger partial charge in [-0.3, -0.25) is 4.79 Å². The molecule has 0 fully saturated rings. The number of hydrogen-bond acceptors (Lipinski definition) is 3. The molecule has 3 rings (SSSR count). The van der Waals surface area contributed by atoms with Crippen molar-refractivity contribution in [3.05, 3.63) is 58.1 Å². The summed E-state index contributed by atoms with van der Waals surface area (Å²) in [5, 5.41) is 16.3. The molecular formula is C16H15ClN2O2. The lowest BCUT2D eigenvalue weighted by Gasteiger charge is -2.18. The van der Waals surface area contributed by atoms with Gasteiger partial charge in [-0.05, 0) is 54.4 Å². The standard InChI is InChI=1S/C16H15ClN2O2/c17-12-2-4-14(15(20)8-12)16(21)19-13-3-1-10-5-6-18-9-11(10)7-13/h1-4,7-8,18,20H,5-6,9H2,(H,19,21). The Bertz CT molecular complexity index is 701. The molecule has 0 spiro atoms. The van der Waals surface area contributed by atoms with Crippen LogP contribution >= 0.6 is 11.6 Å². The molecule has 2 aromatic carbocycles. The molecule has 0 atom stereocenters. The maximum atomic E-state index is 12.2. The van der Waals surface area contributed by atoms with Crippen LogP contribution in [-0.2, 0) is 13.0 Å². The SMILES string of the molecule is O=C(Nc1ccc2c(c1)CNCC2)c1ccc(Cl)cc1O. The minimum Gasteiger partial charge on any atom is -0.507 e. The third-order valence-electron chi connectivity index (χ3n) is 3.56. The Balaban J connectivity index is 1.81. The Labute approximate surface area is 127 Å². The van der Waals surface area contributed by atoms with Crippen molar-refractivity contribution in [2.45, 2.75) is 13.0 Å². The lowest BCUT2D eigenvalue weighted by molar-refractivity contribution is 0.102. The fraction of sp³-hybridized carbons (Fsp3) is 0.188. The highest BCUT2D eigenvalue weighted by Crippen LogP contribution is 2.24. The second kappa shape index (κ2) is 5.76. The number of aromatic hydroxyl groups is 1. The number of benzene rings is 2. The van der Waals surface area contributed by atoms with E-state index >= 15 is 0 Å². The fourth-order valence-corrected chi connectivity index (χ4v) is 2.62. The van der Waals surface area contributed by atoms with Crippen LogP contribution in [-0.4, -0.2) is 17.6 Å². The number of fused-ring (bicyclic) bond motifs is 1. The first-order chi connectivity index (χ1) is 10.1. The predicted octanol–water partition coefficient (Wildman–Crippen LogP) is 2.94. The van der Waals surface area contributed by atoms with Crippen molar-refractivity contribution in [1.82, 2.24) is 5.32 Å². The van der Waals surface area contributed by atoms with Crippen LogP contribution in [0.15, 0.2) is 36.4 Å². The molecule has 0 bridgehead atoms. The summed E-state index contributed by atoms with van der Waals surface area (Å²) < 4.78 is 0. The lowest BCUT2D eigenvalue weighted by Crippen LogP contribution is -2.23. The van der Waals surface area contributed by atoms with Gasteiger partial charge in [0.05, 0.1) is 5.56 Å². The molecule has 1 heterocycles. The molecule has 1 amide bonds. The number of halogens is 1. The zero-order valence-corrected chi connectivity index (χ0v) is 12.1. The molecule has 0 aliphatic carbocycles. The van der Waals surface area contributed by atoms with Crippen molar-refractivity contribution in [1.29, 1.82) is 0 Å². The van der Waals surface area contributed by atoms with Crippen LogP contribution in [0.1, 0.15) is 21.5 Å². The second-order valence-corrected chi connectivity index (χ2v) is 5.46. The molecule has 1 aliphatic heterocycles. The maximum Gasteiger partial charge on any atom is 0.259 e. The molecule has 0 radical (unpaired) electrons. The molecule has 0 saturated carbocycles. The van der Waals surface area contributed by atoms with E-state index in [-0.39, 0.29) is 17.2 Å². The van der Waals surface area contributed by atoms with Crippen molar-refractivity contribution < 1.29 is 9.90 Å². The van der Waals surface area contributed by atoms with Gasteiger partial charge in [-0.1, -0.05) is 17.7 Å². The van der Waals surface area contributed by atoms with Crippen LogP contribution in [0.25, 0.3) is 0 Å². The van der Waals surface area contributed by atoms with Gasteiger partial charge in [-0.25, -0.2) is 0 Å². The van der Waals surface area contributed by atoms with Gasteiger partial charge in [-0.2, -0.15) is 0 Å². The average molecular weight is 303 g/mol. The summed E-state index contributed by atoms with van der Waals surface area (Å²) in [5.41, 5.74) is 3.42. The van der Waals surface area contributed by atoms with Crippen molar-refractivity contribution in [2.24, 2.45) is 0 Å². The minimum absolute atomic E-state index is 0.125. The molecule has 21 heavy (non-hydrogen) atoms. The number of carbonyl (C=O) groups excluding carboxylic acids is 1. The number of nitrogens with one attached hydrogen (secondary N) is 2. The van der Waals surface area contributed by atoms with E-state index in [4.69, 9.17) is 11.6 Å². The summed E-state index contributed by atoms with van der Waals surface area (Å²) in [7, 11) is 0. The molecular weight excluding hydrogens is 288 g/mol. The smallest absolute Gasteiger partial charge is 0.259 e. The number of phenols is 1. The van der Waals surface area contributed by atoms with Crippen LogP contribution in [0.5, 0.6) is 5.75 Å². The Kier molecular flexibility index (Phi) is 3.82. The number of hydrogen-bond donors (Lipinski definition) is 3. The fourth-order valence-electron chi connectivity index (χ4n) is 2.45. The third kappa shape index (κ3) is 3.01. The van der Waals surface area contributed by atoms with Crippen molar-refractivity contribution in [2.75, 3.05) is 11.9 Å². The van der Waals surface area contributed by atoms with Crippen LogP contribution in [0, 0.1) is 0 Å². The quantitative estimate of drug-likeness (QED) is 0.799. The predicted molar refractivity (Wildman–Crippen MR) is 82.9 cm³/mol. The third-order valence-corrected chi connectivity index (χ3v) is 3.79. The van der Waals surface area contributed by atoms with Gasteiger partial charge in [0, 0.05) is 17.3 Å². The average Bonchev–Trinajstić information content (AvgIpc) is 2.47. The Morgan fingerprint density at radius 1 is 1.19 bits per heavy atom. The molecule has 0 unspecified atom stereocenters. The van der Waals surface area contributed by atoms with E-state index in [2.05, 4.69) is 10.6 Å². The highest BCUT2D eigenvalue weighted by Gasteiger charge is 2.13. The van der Waals surface area contributed by atoms with Crippen molar-refractivity contribution in [3.63, 3.8) is 0 Å². The van der Waals surface area contributed by atoms with Gasteiger partial charge in [0.15, 0.2) is 0 Å². The van der Waals surface area contributed by atoms with E-state index in [0.717, 1.165) is 25.2 Å². The van der Waals surface area contributed by atoms with Crippen LogP contribution in [0.2, 0.25) is 5.02 Å². The largest absolute Gasteiger partial charge is 0.507 e. The molecule has 108 valence electrons. The van der Waals surface area contributed by atoms with Gasteiger partial charge in [0.1, 0.15) is 5.75 Å². The van der Waals surface area contributed by atoms with Gasteiger partial charge in [0.25, 0.3) is 5.91 Å². The molecule has 4 nitrogen and oxygen atoms in total. The summed E-state index contributed by atoms with van der Waals surface area (Å²) in [5.74, 6) is -0.479. The summed E-state index contributed by atoms with van der Waals surface area (Å²) in [6.45, 7) is 1.79. The summed E-state index contributed by atoms with van der Waals surface area (Å²) >= 11 is 5.76. The number of carbonyl (C=O) groups is 1. The highest BCUT2D eigenvalue weighted by molar-refractivity contribution is 6.31. The zero-order valence-electron chi connectivity index (χ0n) is 11.3. The summed E-state index contributed by atoms with van der Waals surface area (Å²) in [6, 6.07) is 10.3. The molecule has 0 saturated heterocycles. The zero-order chi connectivity index (χ0) is 14.8. The van der Waals surface area contributed by atoms with Gasteiger partial charge >= 0.3 is 0 Å². The highest BCUT2D eigenvalue weighted by atomic mass is 35.5. The van der Waals surface area contributed by atoms with Crippen LogP contribution in [0.3, 0.4) is 0 Å². The molecule has 0 aromatic heterocycles. The summed E-state index contributed by atoms with van der Waals surface area (Å²) in [4.78, 5) is 12.2.